The van der Waals surface area contributed by atoms with Crippen LogP contribution in [0, 0.1) is 0 Å². The van der Waals surface area contributed by atoms with E-state index in [0.717, 1.165) is 5.56 Å². The first-order chi connectivity index (χ1) is 13.0. The number of carbonyl (C=O) groups excluding carboxylic acids is 2. The monoisotopic (exact) mass is 379 g/mol. The lowest BCUT2D eigenvalue weighted by molar-refractivity contribution is 0.101. The summed E-state index contributed by atoms with van der Waals surface area (Å²) in [4.78, 5) is 23.6. The van der Waals surface area contributed by atoms with Gasteiger partial charge in [-0.15, -0.1) is 0 Å². The molecular weight excluding hydrogens is 362 g/mol. The fraction of sp³-hybridized carbons (Fsp3) is 0.0909. The van der Waals surface area contributed by atoms with Crippen LogP contribution < -0.4 is 10.1 Å². The van der Waals surface area contributed by atoms with Crippen LogP contribution in [-0.2, 0) is 6.61 Å². The van der Waals surface area contributed by atoms with E-state index in [-0.39, 0.29) is 11.7 Å². The van der Waals surface area contributed by atoms with Gasteiger partial charge in [-0.1, -0.05) is 29.8 Å². The Hall–Kier alpha value is -3.11. The molecule has 0 aromatic heterocycles. The number of nitrogens with one attached hydrogen (secondary N) is 1. The number of amides is 1. The van der Waals surface area contributed by atoms with Gasteiger partial charge in [-0.2, -0.15) is 0 Å². The topological polar surface area (TPSA) is 55.4 Å². The van der Waals surface area contributed by atoms with Gasteiger partial charge in [0.25, 0.3) is 5.91 Å². The summed E-state index contributed by atoms with van der Waals surface area (Å²) >= 11 is 6.11. The summed E-state index contributed by atoms with van der Waals surface area (Å²) in [6.45, 7) is 1.86. The van der Waals surface area contributed by atoms with Gasteiger partial charge in [0.15, 0.2) is 5.78 Å². The molecule has 0 bridgehead atoms. The van der Waals surface area contributed by atoms with Crippen LogP contribution in [0.25, 0.3) is 0 Å². The number of ketones is 1. The Balaban J connectivity index is 1.60. The quantitative estimate of drug-likeness (QED) is 0.585. The predicted molar refractivity (Wildman–Crippen MR) is 107 cm³/mol. The van der Waals surface area contributed by atoms with Gasteiger partial charge in [-0.3, -0.25) is 9.59 Å². The summed E-state index contributed by atoms with van der Waals surface area (Å²) in [6, 6.07) is 21.1. The van der Waals surface area contributed by atoms with Crippen molar-refractivity contribution in [3.8, 4) is 5.75 Å². The van der Waals surface area contributed by atoms with Gasteiger partial charge in [-0.05, 0) is 61.5 Å². The minimum atomic E-state index is -0.233. The molecule has 3 rings (SSSR count). The van der Waals surface area contributed by atoms with Crippen molar-refractivity contribution in [2.24, 2.45) is 0 Å². The molecule has 0 unspecified atom stereocenters. The van der Waals surface area contributed by atoms with Gasteiger partial charge < -0.3 is 10.1 Å². The molecule has 5 heteroatoms. The maximum atomic E-state index is 12.3. The summed E-state index contributed by atoms with van der Waals surface area (Å²) in [6.07, 6.45) is 0. The second-order valence-electron chi connectivity index (χ2n) is 5.99. The number of anilines is 1. The molecule has 1 amide bonds. The first-order valence-electron chi connectivity index (χ1n) is 8.41. The normalized spacial score (nSPS) is 10.3. The van der Waals surface area contributed by atoms with Gasteiger partial charge in [0.1, 0.15) is 12.4 Å². The lowest BCUT2D eigenvalue weighted by Crippen LogP contribution is -2.11. The molecule has 0 aliphatic rings. The Labute approximate surface area is 162 Å². The number of carbonyl (C=O) groups is 2. The average Bonchev–Trinajstić information content (AvgIpc) is 2.68. The molecule has 0 fully saturated rings. The van der Waals surface area contributed by atoms with Crippen LogP contribution in [0.15, 0.2) is 72.8 Å². The van der Waals surface area contributed by atoms with Crippen LogP contribution >= 0.6 is 11.6 Å². The molecule has 0 spiro atoms. The summed E-state index contributed by atoms with van der Waals surface area (Å²) < 4.78 is 5.71. The number of benzene rings is 3. The largest absolute Gasteiger partial charge is 0.489 e. The highest BCUT2D eigenvalue weighted by Crippen LogP contribution is 2.19. The number of ether oxygens (including phenoxy) is 1. The number of Topliss-reactive ketones (excluding diaryl/α,β-unsaturated/α-hetero) is 1. The van der Waals surface area contributed by atoms with Crippen molar-refractivity contribution in [2.45, 2.75) is 13.5 Å². The second-order valence-corrected chi connectivity index (χ2v) is 6.40. The van der Waals surface area contributed by atoms with Crippen molar-refractivity contribution < 1.29 is 14.3 Å². The second kappa shape index (κ2) is 8.52. The Morgan fingerprint density at radius 3 is 2.15 bits per heavy atom. The summed E-state index contributed by atoms with van der Waals surface area (Å²) in [5, 5.41) is 3.46. The van der Waals surface area contributed by atoms with Crippen LogP contribution in [0.2, 0.25) is 5.02 Å². The van der Waals surface area contributed by atoms with Crippen molar-refractivity contribution in [2.75, 3.05) is 5.32 Å². The standard InChI is InChI=1S/C22H18ClNO3/c1-15(25)16-6-10-19(11-7-16)24-22(26)17-8-12-20(13-9-17)27-14-18-4-2-3-5-21(18)23/h2-13H,14H2,1H3,(H,24,26). The first kappa shape index (κ1) is 18.7. The smallest absolute Gasteiger partial charge is 0.255 e. The zero-order valence-electron chi connectivity index (χ0n) is 14.7. The van der Waals surface area contributed by atoms with Crippen molar-refractivity contribution >= 4 is 29.0 Å². The van der Waals surface area contributed by atoms with E-state index in [1.165, 1.54) is 6.92 Å². The molecular formula is C22H18ClNO3. The van der Waals surface area contributed by atoms with Crippen LogP contribution in [-0.4, -0.2) is 11.7 Å². The lowest BCUT2D eigenvalue weighted by Gasteiger charge is -2.09. The first-order valence-corrected chi connectivity index (χ1v) is 8.79. The molecule has 1 N–H and O–H groups in total. The molecule has 0 atom stereocenters. The van der Waals surface area contributed by atoms with Gasteiger partial charge in [-0.25, -0.2) is 0 Å². The molecule has 3 aromatic carbocycles. The van der Waals surface area contributed by atoms with Crippen LogP contribution in [0.4, 0.5) is 5.69 Å². The number of halogens is 1. The van der Waals surface area contributed by atoms with E-state index in [4.69, 9.17) is 16.3 Å². The molecule has 0 aliphatic carbocycles. The third-order valence-corrected chi connectivity index (χ3v) is 4.39. The third-order valence-electron chi connectivity index (χ3n) is 4.02. The van der Waals surface area contributed by atoms with Crippen molar-refractivity contribution in [3.63, 3.8) is 0 Å². The van der Waals surface area contributed by atoms with Crippen molar-refractivity contribution in [1.29, 1.82) is 0 Å². The van der Waals surface area contributed by atoms with E-state index in [1.807, 2.05) is 24.3 Å². The summed E-state index contributed by atoms with van der Waals surface area (Å²) in [7, 11) is 0. The minimum Gasteiger partial charge on any atom is -0.489 e. The molecule has 27 heavy (non-hydrogen) atoms. The molecule has 0 saturated carbocycles. The lowest BCUT2D eigenvalue weighted by atomic mass is 10.1. The van der Waals surface area contributed by atoms with E-state index < -0.39 is 0 Å². The van der Waals surface area contributed by atoms with Gasteiger partial charge in [0.2, 0.25) is 0 Å². The fourth-order valence-corrected chi connectivity index (χ4v) is 2.66. The maximum absolute atomic E-state index is 12.3. The van der Waals surface area contributed by atoms with Crippen LogP contribution in [0.1, 0.15) is 33.2 Å². The minimum absolute atomic E-state index is 0.0137. The van der Waals surface area contributed by atoms with E-state index >= 15 is 0 Å². The van der Waals surface area contributed by atoms with Crippen molar-refractivity contribution in [3.05, 3.63) is 94.5 Å². The predicted octanol–water partition coefficient (Wildman–Crippen LogP) is 5.37. The highest BCUT2D eigenvalue weighted by atomic mass is 35.5. The molecule has 0 radical (unpaired) electrons. The van der Waals surface area contributed by atoms with E-state index in [9.17, 15) is 9.59 Å². The van der Waals surface area contributed by atoms with Crippen LogP contribution in [0.3, 0.4) is 0 Å². The highest BCUT2D eigenvalue weighted by molar-refractivity contribution is 6.31. The van der Waals surface area contributed by atoms with Gasteiger partial charge in [0, 0.05) is 27.4 Å². The Kier molecular flexibility index (Phi) is 5.89. The molecule has 4 nitrogen and oxygen atoms in total. The van der Waals surface area contributed by atoms with Gasteiger partial charge in [0.05, 0.1) is 0 Å². The van der Waals surface area contributed by atoms with Crippen LogP contribution in [0.5, 0.6) is 5.75 Å². The van der Waals surface area contributed by atoms with Crippen molar-refractivity contribution in [1.82, 2.24) is 0 Å². The average molecular weight is 380 g/mol. The fourth-order valence-electron chi connectivity index (χ4n) is 2.47. The zero-order chi connectivity index (χ0) is 19.2. The Bertz CT molecular complexity index is 950. The molecule has 0 saturated heterocycles. The van der Waals surface area contributed by atoms with Gasteiger partial charge >= 0.3 is 0 Å². The SMILES string of the molecule is CC(=O)c1ccc(NC(=O)c2ccc(OCc3ccccc3Cl)cc2)cc1. The van der Waals surface area contributed by atoms with E-state index in [2.05, 4.69) is 5.32 Å². The molecule has 3 aromatic rings. The highest BCUT2D eigenvalue weighted by Gasteiger charge is 2.08. The number of hydrogen-bond acceptors (Lipinski definition) is 3. The van der Waals surface area contributed by atoms with E-state index in [1.54, 1.807) is 48.5 Å². The Morgan fingerprint density at radius 2 is 1.52 bits per heavy atom. The third kappa shape index (κ3) is 4.96. The van der Waals surface area contributed by atoms with E-state index in [0.29, 0.717) is 34.2 Å². The molecule has 136 valence electrons. The number of rotatable bonds is 6. The maximum Gasteiger partial charge on any atom is 0.255 e. The summed E-state index contributed by atoms with van der Waals surface area (Å²) in [5.41, 5.74) is 2.64. The number of hydrogen-bond donors (Lipinski definition) is 1. The molecule has 0 aliphatic heterocycles. The molecule has 0 heterocycles. The summed E-state index contributed by atoms with van der Waals surface area (Å²) in [5.74, 6) is 0.403. The Morgan fingerprint density at radius 1 is 0.889 bits per heavy atom. The zero-order valence-corrected chi connectivity index (χ0v) is 15.5.